The van der Waals surface area contributed by atoms with E-state index in [1.54, 1.807) is 17.5 Å². The molecule has 0 bridgehead atoms. The molecule has 0 aliphatic rings. The van der Waals surface area contributed by atoms with Crippen LogP contribution < -0.4 is 0 Å². The molecule has 5 heteroatoms. The maximum atomic E-state index is 12.4. The number of aromatic nitrogens is 2. The van der Waals surface area contributed by atoms with Crippen LogP contribution in [0.5, 0.6) is 0 Å². The molecule has 0 amide bonds. The third-order valence-corrected chi connectivity index (χ3v) is 6.17. The summed E-state index contributed by atoms with van der Waals surface area (Å²) in [5.74, 6) is 0.534. The number of hydrogen-bond donors (Lipinski definition) is 0. The van der Waals surface area contributed by atoms with Crippen molar-refractivity contribution >= 4 is 22.1 Å². The molecule has 0 aliphatic carbocycles. The molecule has 21 heavy (non-hydrogen) atoms. The first-order chi connectivity index (χ1) is 10.2. The SMILES string of the molecule is C[C@H](c1cccs1)[S@](=O)Cc1cnn(-c2ccccc2)c1. The van der Waals surface area contributed by atoms with E-state index in [0.29, 0.717) is 5.75 Å². The van der Waals surface area contributed by atoms with E-state index in [9.17, 15) is 4.21 Å². The van der Waals surface area contributed by atoms with Gasteiger partial charge in [0, 0.05) is 27.4 Å². The summed E-state index contributed by atoms with van der Waals surface area (Å²) in [6.07, 6.45) is 3.75. The van der Waals surface area contributed by atoms with Gasteiger partial charge in [-0.3, -0.25) is 4.21 Å². The van der Waals surface area contributed by atoms with E-state index in [-0.39, 0.29) is 5.25 Å². The van der Waals surface area contributed by atoms with Crippen LogP contribution in [-0.4, -0.2) is 14.0 Å². The van der Waals surface area contributed by atoms with Crippen LogP contribution in [0.15, 0.2) is 60.2 Å². The Kier molecular flexibility index (Phi) is 4.31. The second-order valence-corrected chi connectivity index (χ2v) is 7.55. The predicted molar refractivity (Wildman–Crippen MR) is 88.1 cm³/mol. The Morgan fingerprint density at radius 2 is 2.05 bits per heavy atom. The van der Waals surface area contributed by atoms with E-state index in [2.05, 4.69) is 5.10 Å². The highest BCUT2D eigenvalue weighted by Gasteiger charge is 2.15. The monoisotopic (exact) mass is 316 g/mol. The maximum Gasteiger partial charge on any atom is 0.0665 e. The van der Waals surface area contributed by atoms with Gasteiger partial charge < -0.3 is 0 Å². The highest BCUT2D eigenvalue weighted by atomic mass is 32.2. The molecule has 0 aliphatic heterocycles. The number of nitrogens with zero attached hydrogens (tertiary/aromatic N) is 2. The minimum absolute atomic E-state index is 0.0603. The number of para-hydroxylation sites is 1. The molecule has 3 aromatic rings. The van der Waals surface area contributed by atoms with Crippen molar-refractivity contribution in [1.82, 2.24) is 9.78 Å². The molecule has 3 rings (SSSR count). The third kappa shape index (κ3) is 3.31. The van der Waals surface area contributed by atoms with Gasteiger partial charge in [0.05, 0.1) is 22.9 Å². The predicted octanol–water partition coefficient (Wildman–Crippen LogP) is 3.94. The van der Waals surface area contributed by atoms with E-state index in [1.165, 1.54) is 4.88 Å². The molecule has 3 nitrogen and oxygen atoms in total. The van der Waals surface area contributed by atoms with Crippen molar-refractivity contribution in [2.45, 2.75) is 17.9 Å². The first-order valence-corrected chi connectivity index (χ1v) is 9.00. The molecule has 108 valence electrons. The van der Waals surface area contributed by atoms with Gasteiger partial charge in [0.25, 0.3) is 0 Å². The van der Waals surface area contributed by atoms with Crippen LogP contribution in [0, 0.1) is 0 Å². The van der Waals surface area contributed by atoms with Gasteiger partial charge in [-0.1, -0.05) is 24.3 Å². The van der Waals surface area contributed by atoms with Crippen molar-refractivity contribution in [2.24, 2.45) is 0 Å². The average Bonchev–Trinajstić information content (AvgIpc) is 3.19. The minimum atomic E-state index is -0.931. The van der Waals surface area contributed by atoms with E-state index in [4.69, 9.17) is 0 Å². The molecule has 2 heterocycles. The van der Waals surface area contributed by atoms with Crippen molar-refractivity contribution < 1.29 is 4.21 Å². The maximum absolute atomic E-state index is 12.4. The molecule has 0 unspecified atom stereocenters. The standard InChI is InChI=1S/C16H16N2OS2/c1-13(16-8-5-9-20-16)21(19)12-14-10-17-18(11-14)15-6-3-2-4-7-15/h2-11,13H,12H2,1H3/t13-,21-/m1/s1. The molecule has 0 saturated carbocycles. The molecule has 0 fully saturated rings. The van der Waals surface area contributed by atoms with E-state index in [0.717, 1.165) is 11.3 Å². The second-order valence-electron chi connectivity index (χ2n) is 4.81. The molecule has 1 aromatic carbocycles. The smallest absolute Gasteiger partial charge is 0.0665 e. The van der Waals surface area contributed by atoms with Gasteiger partial charge in [-0.05, 0) is 30.5 Å². The lowest BCUT2D eigenvalue weighted by molar-refractivity contribution is 0.676. The summed E-state index contributed by atoms with van der Waals surface area (Å²) in [6, 6.07) is 14.0. The lowest BCUT2D eigenvalue weighted by Gasteiger charge is -2.08. The first-order valence-electron chi connectivity index (χ1n) is 6.73. The van der Waals surface area contributed by atoms with Crippen LogP contribution in [-0.2, 0) is 16.6 Å². The van der Waals surface area contributed by atoms with Gasteiger partial charge in [-0.2, -0.15) is 5.10 Å². The minimum Gasteiger partial charge on any atom is -0.259 e. The van der Waals surface area contributed by atoms with Gasteiger partial charge in [0.1, 0.15) is 0 Å². The summed E-state index contributed by atoms with van der Waals surface area (Å²) in [7, 11) is -0.931. The molecule has 0 N–H and O–H groups in total. The Labute approximate surface area is 130 Å². The fourth-order valence-electron chi connectivity index (χ4n) is 2.10. The summed E-state index contributed by atoms with van der Waals surface area (Å²) < 4.78 is 14.3. The third-order valence-electron chi connectivity index (χ3n) is 3.30. The van der Waals surface area contributed by atoms with E-state index < -0.39 is 10.8 Å². The highest BCUT2D eigenvalue weighted by Crippen LogP contribution is 2.25. The van der Waals surface area contributed by atoms with E-state index in [1.807, 2.05) is 65.6 Å². The zero-order valence-corrected chi connectivity index (χ0v) is 13.3. The number of benzene rings is 1. The zero-order valence-electron chi connectivity index (χ0n) is 11.7. The molecule has 2 aromatic heterocycles. The average molecular weight is 316 g/mol. The molecular weight excluding hydrogens is 300 g/mol. The molecule has 0 saturated heterocycles. The number of thiophene rings is 1. The van der Waals surface area contributed by atoms with Crippen LogP contribution in [0.25, 0.3) is 5.69 Å². The van der Waals surface area contributed by atoms with Crippen LogP contribution in [0.4, 0.5) is 0 Å². The van der Waals surface area contributed by atoms with Gasteiger partial charge in [0.15, 0.2) is 0 Å². The highest BCUT2D eigenvalue weighted by molar-refractivity contribution is 7.84. The first kappa shape index (κ1) is 14.2. The van der Waals surface area contributed by atoms with Crippen LogP contribution in [0.3, 0.4) is 0 Å². The Bertz CT molecular complexity index is 720. The second kappa shape index (κ2) is 6.37. The van der Waals surface area contributed by atoms with Crippen molar-refractivity contribution in [3.8, 4) is 5.69 Å². The van der Waals surface area contributed by atoms with Gasteiger partial charge in [-0.15, -0.1) is 11.3 Å². The fourth-order valence-corrected chi connectivity index (χ4v) is 4.31. The topological polar surface area (TPSA) is 34.9 Å². The summed E-state index contributed by atoms with van der Waals surface area (Å²) in [5.41, 5.74) is 2.02. The quantitative estimate of drug-likeness (QED) is 0.714. The van der Waals surface area contributed by atoms with Crippen molar-refractivity contribution in [3.63, 3.8) is 0 Å². The zero-order chi connectivity index (χ0) is 14.7. The number of rotatable bonds is 5. The Balaban J connectivity index is 1.71. The normalized spacial score (nSPS) is 14.0. The summed E-state index contributed by atoms with van der Waals surface area (Å²) in [5, 5.41) is 6.43. The summed E-state index contributed by atoms with van der Waals surface area (Å²) in [6.45, 7) is 2.02. The van der Waals surface area contributed by atoms with Gasteiger partial charge in [0.2, 0.25) is 0 Å². The summed E-state index contributed by atoms with van der Waals surface area (Å²) in [4.78, 5) is 1.17. The Morgan fingerprint density at radius 3 is 2.76 bits per heavy atom. The van der Waals surface area contributed by atoms with Crippen LogP contribution in [0.2, 0.25) is 0 Å². The molecule has 0 radical (unpaired) electrons. The van der Waals surface area contributed by atoms with Crippen molar-refractivity contribution in [2.75, 3.05) is 0 Å². The number of hydrogen-bond acceptors (Lipinski definition) is 3. The summed E-state index contributed by atoms with van der Waals surface area (Å²) >= 11 is 1.66. The van der Waals surface area contributed by atoms with E-state index >= 15 is 0 Å². The van der Waals surface area contributed by atoms with Gasteiger partial charge >= 0.3 is 0 Å². The van der Waals surface area contributed by atoms with Crippen molar-refractivity contribution in [3.05, 3.63) is 70.7 Å². The lowest BCUT2D eigenvalue weighted by Crippen LogP contribution is -2.03. The van der Waals surface area contributed by atoms with Crippen LogP contribution >= 0.6 is 11.3 Å². The molecule has 0 spiro atoms. The Hall–Kier alpha value is -1.72. The largest absolute Gasteiger partial charge is 0.259 e. The molecular formula is C16H16N2OS2. The van der Waals surface area contributed by atoms with Crippen molar-refractivity contribution in [1.29, 1.82) is 0 Å². The molecule has 2 atom stereocenters. The Morgan fingerprint density at radius 1 is 1.24 bits per heavy atom. The lowest BCUT2D eigenvalue weighted by atomic mass is 10.3. The fraction of sp³-hybridized carbons (Fsp3) is 0.188. The van der Waals surface area contributed by atoms with Crippen LogP contribution in [0.1, 0.15) is 22.6 Å². The van der Waals surface area contributed by atoms with Gasteiger partial charge in [-0.25, -0.2) is 4.68 Å².